The molecule has 36 heavy (non-hydrogen) atoms. The van der Waals surface area contributed by atoms with Gasteiger partial charge in [-0.15, -0.1) is 0 Å². The van der Waals surface area contributed by atoms with Crippen molar-refractivity contribution in [2.24, 2.45) is 17.8 Å². The number of piperidine rings is 3. The number of halogens is 3. The van der Waals surface area contributed by atoms with E-state index in [1.54, 1.807) is 15.9 Å². The number of amides is 2. The molecular weight excluding hydrogens is 540 g/mol. The molecule has 1 saturated carbocycles. The number of carbonyl (C=O) groups excluding carboxylic acids is 2. The van der Waals surface area contributed by atoms with Crippen LogP contribution in [0.5, 0.6) is 0 Å². The average Bonchev–Trinajstić information content (AvgIpc) is 3.45. The zero-order valence-electron chi connectivity index (χ0n) is 19.9. The molecule has 9 nitrogen and oxygen atoms in total. The molecule has 5 rings (SSSR count). The first-order chi connectivity index (χ1) is 17.2. The van der Waals surface area contributed by atoms with E-state index < -0.39 is 28.6 Å². The van der Waals surface area contributed by atoms with Gasteiger partial charge in [-0.05, 0) is 38.2 Å². The third-order valence-corrected chi connectivity index (χ3v) is 8.43. The van der Waals surface area contributed by atoms with E-state index in [1.165, 1.54) is 6.07 Å². The SMILES string of the molecule is O=C(c1cc(Br)cc([N+](=O)[O-])c1N[C@@H]1CCCN(C(=O)C2CNCC3C2C3(F)F)C1)N1CCCCC1. The van der Waals surface area contributed by atoms with Gasteiger partial charge in [-0.3, -0.25) is 19.7 Å². The molecular formula is C24H30BrF2N5O4. The van der Waals surface area contributed by atoms with Crippen LogP contribution in [0.3, 0.4) is 0 Å². The van der Waals surface area contributed by atoms with E-state index >= 15 is 0 Å². The molecule has 3 saturated heterocycles. The Morgan fingerprint density at radius 3 is 2.56 bits per heavy atom. The molecule has 2 amide bonds. The number of nitro groups is 1. The summed E-state index contributed by atoms with van der Waals surface area (Å²) in [6.45, 7) is 2.36. The lowest BCUT2D eigenvalue weighted by Gasteiger charge is -2.36. The summed E-state index contributed by atoms with van der Waals surface area (Å²) in [6, 6.07) is 2.62. The van der Waals surface area contributed by atoms with Crippen molar-refractivity contribution in [3.63, 3.8) is 0 Å². The third-order valence-electron chi connectivity index (χ3n) is 7.98. The van der Waals surface area contributed by atoms with Crippen molar-refractivity contribution in [2.75, 3.05) is 44.6 Å². The van der Waals surface area contributed by atoms with E-state index in [0.717, 1.165) is 19.3 Å². The second-order valence-corrected chi connectivity index (χ2v) is 11.2. The molecule has 3 heterocycles. The fourth-order valence-corrected chi connectivity index (χ4v) is 6.49. The van der Waals surface area contributed by atoms with Crippen LogP contribution in [0, 0.1) is 27.9 Å². The van der Waals surface area contributed by atoms with Gasteiger partial charge < -0.3 is 20.4 Å². The number of rotatable bonds is 5. The quantitative estimate of drug-likeness (QED) is 0.415. The number of benzene rings is 1. The van der Waals surface area contributed by atoms with Crippen LogP contribution < -0.4 is 10.6 Å². The number of hydrogen-bond acceptors (Lipinski definition) is 6. The van der Waals surface area contributed by atoms with Crippen LogP contribution in [0.25, 0.3) is 0 Å². The van der Waals surface area contributed by atoms with Crippen LogP contribution in [0.15, 0.2) is 16.6 Å². The Bertz CT molecular complexity index is 1070. The Morgan fingerprint density at radius 2 is 1.83 bits per heavy atom. The van der Waals surface area contributed by atoms with Gasteiger partial charge in [-0.25, -0.2) is 8.78 Å². The highest BCUT2D eigenvalue weighted by Crippen LogP contribution is 2.60. The topological polar surface area (TPSA) is 108 Å². The van der Waals surface area contributed by atoms with Gasteiger partial charge in [-0.1, -0.05) is 15.9 Å². The molecule has 1 aliphatic carbocycles. The summed E-state index contributed by atoms with van der Waals surface area (Å²) in [6.07, 6.45) is 4.10. The predicted octanol–water partition coefficient (Wildman–Crippen LogP) is 3.49. The number of nitro benzene ring substituents is 1. The largest absolute Gasteiger partial charge is 0.374 e. The molecule has 0 bridgehead atoms. The summed E-state index contributed by atoms with van der Waals surface area (Å²) in [7, 11) is 0. The van der Waals surface area contributed by atoms with E-state index in [4.69, 9.17) is 0 Å². The first-order valence-corrected chi connectivity index (χ1v) is 13.4. The van der Waals surface area contributed by atoms with Gasteiger partial charge in [0.2, 0.25) is 5.91 Å². The van der Waals surface area contributed by atoms with E-state index in [0.29, 0.717) is 36.9 Å². The van der Waals surface area contributed by atoms with Crippen LogP contribution in [-0.4, -0.2) is 77.8 Å². The first kappa shape index (κ1) is 25.3. The highest BCUT2D eigenvalue weighted by molar-refractivity contribution is 9.10. The predicted molar refractivity (Wildman–Crippen MR) is 132 cm³/mol. The van der Waals surface area contributed by atoms with Crippen LogP contribution in [0.1, 0.15) is 42.5 Å². The van der Waals surface area contributed by atoms with E-state index in [2.05, 4.69) is 26.6 Å². The molecule has 2 N–H and O–H groups in total. The summed E-state index contributed by atoms with van der Waals surface area (Å²) < 4.78 is 28.7. The van der Waals surface area contributed by atoms with Crippen LogP contribution in [0.4, 0.5) is 20.2 Å². The second-order valence-electron chi connectivity index (χ2n) is 10.3. The number of likely N-dealkylation sites (tertiary alicyclic amines) is 2. The minimum Gasteiger partial charge on any atom is -0.374 e. The second kappa shape index (κ2) is 9.85. The molecule has 1 aromatic rings. The molecule has 1 aromatic carbocycles. The summed E-state index contributed by atoms with van der Waals surface area (Å²) in [4.78, 5) is 41.3. The molecule has 4 aliphatic rings. The van der Waals surface area contributed by atoms with E-state index in [1.807, 2.05) is 0 Å². The molecule has 4 fully saturated rings. The summed E-state index contributed by atoms with van der Waals surface area (Å²) in [5.41, 5.74) is 0.148. The fourth-order valence-electron chi connectivity index (χ4n) is 6.05. The van der Waals surface area contributed by atoms with E-state index in [-0.39, 0.29) is 54.4 Å². The maximum absolute atomic E-state index is 14.1. The van der Waals surface area contributed by atoms with Gasteiger partial charge in [0.15, 0.2) is 0 Å². The van der Waals surface area contributed by atoms with Crippen molar-refractivity contribution in [3.8, 4) is 0 Å². The molecule has 3 aliphatic heterocycles. The van der Waals surface area contributed by atoms with Gasteiger partial charge >= 0.3 is 0 Å². The lowest BCUT2D eigenvalue weighted by Crippen LogP contribution is -2.50. The third kappa shape index (κ3) is 4.69. The molecule has 4 atom stereocenters. The normalized spacial score (nSPS) is 29.3. The molecule has 0 spiro atoms. The molecule has 0 aromatic heterocycles. The fraction of sp³-hybridized carbons (Fsp3) is 0.667. The number of hydrogen-bond donors (Lipinski definition) is 2. The zero-order chi connectivity index (χ0) is 25.6. The Morgan fingerprint density at radius 1 is 1.11 bits per heavy atom. The molecule has 196 valence electrons. The van der Waals surface area contributed by atoms with Crippen LogP contribution in [0.2, 0.25) is 0 Å². The van der Waals surface area contributed by atoms with Gasteiger partial charge in [-0.2, -0.15) is 0 Å². The van der Waals surface area contributed by atoms with Crippen LogP contribution >= 0.6 is 15.9 Å². The highest BCUT2D eigenvalue weighted by atomic mass is 79.9. The number of alkyl halides is 2. The molecule has 3 unspecified atom stereocenters. The van der Waals surface area contributed by atoms with Crippen molar-refractivity contribution >= 4 is 39.1 Å². The number of carbonyl (C=O) groups is 2. The van der Waals surface area contributed by atoms with Crippen molar-refractivity contribution in [3.05, 3.63) is 32.3 Å². The van der Waals surface area contributed by atoms with Crippen LogP contribution in [-0.2, 0) is 4.79 Å². The minimum atomic E-state index is -2.81. The van der Waals surface area contributed by atoms with Gasteiger partial charge in [0.1, 0.15) is 5.69 Å². The standard InChI is InChI=1S/C24H30BrF2N5O4/c25-14-9-16(22(33)30-6-2-1-3-7-30)21(19(10-14)32(35)36)29-15-5-4-8-31(13-15)23(34)17-11-28-12-18-20(17)24(18,26)27/h9-10,15,17-18,20,28-29H,1-8,11-13H2/t15-,17?,18?,20?/m1/s1. The minimum absolute atomic E-state index is 0.145. The van der Waals surface area contributed by atoms with Crippen molar-refractivity contribution in [2.45, 2.75) is 44.1 Å². The van der Waals surface area contributed by atoms with E-state index in [9.17, 15) is 28.5 Å². The summed E-state index contributed by atoms with van der Waals surface area (Å²) in [5, 5.41) is 18.1. The van der Waals surface area contributed by atoms with Gasteiger partial charge in [0, 0.05) is 67.7 Å². The van der Waals surface area contributed by atoms with Crippen molar-refractivity contribution in [1.82, 2.24) is 15.1 Å². The monoisotopic (exact) mass is 569 g/mol. The molecule has 0 radical (unpaired) electrons. The number of anilines is 1. The van der Waals surface area contributed by atoms with Crippen molar-refractivity contribution in [1.29, 1.82) is 0 Å². The average molecular weight is 570 g/mol. The smallest absolute Gasteiger partial charge is 0.294 e. The number of nitrogens with zero attached hydrogens (tertiary/aromatic N) is 3. The Balaban J connectivity index is 1.36. The van der Waals surface area contributed by atoms with Crippen molar-refractivity contribution < 1.29 is 23.3 Å². The van der Waals surface area contributed by atoms with Gasteiger partial charge in [0.25, 0.3) is 17.5 Å². The molecule has 12 heteroatoms. The van der Waals surface area contributed by atoms with Gasteiger partial charge in [0.05, 0.1) is 16.4 Å². The first-order valence-electron chi connectivity index (χ1n) is 12.6. The zero-order valence-corrected chi connectivity index (χ0v) is 21.4. The Kier molecular flexibility index (Phi) is 6.92. The summed E-state index contributed by atoms with van der Waals surface area (Å²) in [5.74, 6) is -5.83. The maximum atomic E-state index is 14.1. The lowest BCUT2D eigenvalue weighted by molar-refractivity contribution is -0.384. The number of fused-ring (bicyclic) bond motifs is 1. The Hall–Kier alpha value is -2.34. The highest BCUT2D eigenvalue weighted by Gasteiger charge is 2.72. The number of nitrogens with one attached hydrogen (secondary N) is 2. The lowest BCUT2D eigenvalue weighted by atomic mass is 9.95. The maximum Gasteiger partial charge on any atom is 0.294 e. The summed E-state index contributed by atoms with van der Waals surface area (Å²) >= 11 is 3.30. The Labute approximate surface area is 216 Å².